The first-order valence-electron chi connectivity index (χ1n) is 6.39. The van der Waals surface area contributed by atoms with Crippen LogP contribution in [0.3, 0.4) is 0 Å². The number of anilines is 1. The number of nitrogens with one attached hydrogen (secondary N) is 1. The summed E-state index contributed by atoms with van der Waals surface area (Å²) in [6.45, 7) is 1.67. The Morgan fingerprint density at radius 3 is 2.94 bits per heavy atom. The van der Waals surface area contributed by atoms with Gasteiger partial charge in [0.1, 0.15) is 16.8 Å². The first-order chi connectivity index (χ1) is 8.74. The van der Waals surface area contributed by atoms with Crippen LogP contribution in [-0.2, 0) is 13.0 Å². The third-order valence-electron chi connectivity index (χ3n) is 3.83. The van der Waals surface area contributed by atoms with Crippen LogP contribution < -0.4 is 10.2 Å². The van der Waals surface area contributed by atoms with E-state index in [0.717, 1.165) is 34.9 Å². The average molecular weight is 260 g/mol. The highest BCUT2D eigenvalue weighted by Crippen LogP contribution is 2.35. The van der Waals surface area contributed by atoms with E-state index < -0.39 is 0 Å². The molecule has 1 aromatic heterocycles. The number of nitriles is 1. The van der Waals surface area contributed by atoms with Crippen LogP contribution in [0.2, 0.25) is 0 Å². The molecule has 0 fully saturated rings. The van der Waals surface area contributed by atoms with Crippen LogP contribution in [0.5, 0.6) is 0 Å². The molecule has 5 heteroatoms. The van der Waals surface area contributed by atoms with Crippen LogP contribution in [0.25, 0.3) is 0 Å². The summed E-state index contributed by atoms with van der Waals surface area (Å²) >= 11 is 5.44. The zero-order valence-corrected chi connectivity index (χ0v) is 11.3. The molecule has 0 amide bonds. The summed E-state index contributed by atoms with van der Waals surface area (Å²) in [5.41, 5.74) is 4.08. The van der Waals surface area contributed by atoms with E-state index in [0.29, 0.717) is 6.67 Å². The van der Waals surface area contributed by atoms with Gasteiger partial charge in [-0.15, -0.1) is 0 Å². The van der Waals surface area contributed by atoms with E-state index in [2.05, 4.69) is 20.9 Å². The zero-order chi connectivity index (χ0) is 12.7. The molecule has 1 aromatic rings. The number of aromatic nitrogens is 1. The van der Waals surface area contributed by atoms with Gasteiger partial charge in [-0.25, -0.2) is 0 Å². The predicted octanol–water partition coefficient (Wildman–Crippen LogP) is 1.76. The minimum atomic E-state index is 0.684. The molecule has 2 aliphatic rings. The van der Waals surface area contributed by atoms with Crippen LogP contribution in [0.1, 0.15) is 36.2 Å². The van der Waals surface area contributed by atoms with Crippen molar-refractivity contribution in [1.29, 1.82) is 5.26 Å². The van der Waals surface area contributed by atoms with Gasteiger partial charge in [0.2, 0.25) is 0 Å². The summed E-state index contributed by atoms with van der Waals surface area (Å²) in [4.78, 5) is 2.87. The molecule has 18 heavy (non-hydrogen) atoms. The fourth-order valence-corrected chi connectivity index (χ4v) is 3.24. The molecule has 1 N–H and O–H groups in total. The Morgan fingerprint density at radius 1 is 1.33 bits per heavy atom. The molecule has 0 radical (unpaired) electrons. The van der Waals surface area contributed by atoms with Gasteiger partial charge in [-0.3, -0.25) is 0 Å². The summed E-state index contributed by atoms with van der Waals surface area (Å²) in [5.74, 6) is 0. The number of rotatable bonds is 0. The molecular weight excluding hydrogens is 244 g/mol. The predicted molar refractivity (Wildman–Crippen MR) is 74.8 cm³/mol. The number of hydrogen-bond acceptors (Lipinski definition) is 3. The summed E-state index contributed by atoms with van der Waals surface area (Å²) < 4.78 is 2.27. The highest BCUT2D eigenvalue weighted by atomic mass is 32.1. The second kappa shape index (κ2) is 4.29. The van der Waals surface area contributed by atoms with Crippen molar-refractivity contribution in [3.8, 4) is 6.07 Å². The number of thiocarbonyl (C=S) groups is 1. The van der Waals surface area contributed by atoms with Gasteiger partial charge in [0.15, 0.2) is 0 Å². The van der Waals surface area contributed by atoms with Crippen molar-refractivity contribution in [1.82, 2.24) is 9.88 Å². The Morgan fingerprint density at radius 2 is 2.17 bits per heavy atom. The van der Waals surface area contributed by atoms with Gasteiger partial charge >= 0.3 is 0 Å². The van der Waals surface area contributed by atoms with Crippen molar-refractivity contribution in [3.63, 3.8) is 0 Å². The topological polar surface area (TPSA) is 44.0 Å². The molecule has 94 valence electrons. The molecule has 3 rings (SSSR count). The second-order valence-electron chi connectivity index (χ2n) is 4.95. The minimum Gasteiger partial charge on any atom is -0.357 e. The molecule has 0 spiro atoms. The smallest absolute Gasteiger partial charge is 0.126 e. The van der Waals surface area contributed by atoms with Crippen molar-refractivity contribution >= 4 is 22.9 Å². The van der Waals surface area contributed by atoms with Gasteiger partial charge < -0.3 is 14.8 Å². The summed E-state index contributed by atoms with van der Waals surface area (Å²) in [5, 5.41) is 12.7. The SMILES string of the molecule is CN1CNC(=S)c2c1c(C#N)c1n2CCCCC1. The highest BCUT2D eigenvalue weighted by molar-refractivity contribution is 7.80. The van der Waals surface area contributed by atoms with Gasteiger partial charge in [0.05, 0.1) is 17.9 Å². The molecule has 0 saturated heterocycles. The van der Waals surface area contributed by atoms with E-state index in [1.165, 1.54) is 25.0 Å². The van der Waals surface area contributed by atoms with E-state index in [1.807, 2.05) is 7.05 Å². The van der Waals surface area contributed by atoms with Crippen LogP contribution >= 0.6 is 12.2 Å². The summed E-state index contributed by atoms with van der Waals surface area (Å²) in [6.07, 6.45) is 4.57. The largest absolute Gasteiger partial charge is 0.357 e. The Bertz CT molecular complexity index is 552. The van der Waals surface area contributed by atoms with Gasteiger partial charge in [0.25, 0.3) is 0 Å². The standard InChI is InChI=1S/C13H16N4S/c1-16-8-15-13(18)12-11(16)9(7-14)10-5-3-2-4-6-17(10)12/h2-6,8H2,1H3,(H,15,18). The Labute approximate surface area is 112 Å². The van der Waals surface area contributed by atoms with E-state index in [1.54, 1.807) is 0 Å². The van der Waals surface area contributed by atoms with Gasteiger partial charge in [-0.05, 0) is 19.3 Å². The first-order valence-corrected chi connectivity index (χ1v) is 6.79. The lowest BCUT2D eigenvalue weighted by molar-refractivity contribution is 0.629. The lowest BCUT2D eigenvalue weighted by atomic mass is 10.1. The maximum Gasteiger partial charge on any atom is 0.126 e. The average Bonchev–Trinajstić information content (AvgIpc) is 2.53. The van der Waals surface area contributed by atoms with E-state index in [9.17, 15) is 5.26 Å². The molecular formula is C13H16N4S. The van der Waals surface area contributed by atoms with Crippen molar-refractivity contribution < 1.29 is 0 Å². The van der Waals surface area contributed by atoms with Crippen molar-refractivity contribution in [2.24, 2.45) is 0 Å². The molecule has 3 heterocycles. The molecule has 0 saturated carbocycles. The van der Waals surface area contributed by atoms with Crippen LogP contribution in [0, 0.1) is 11.3 Å². The summed E-state index contributed by atoms with van der Waals surface area (Å²) in [7, 11) is 2.01. The quantitative estimate of drug-likeness (QED) is 0.722. The fourth-order valence-electron chi connectivity index (χ4n) is 2.97. The maximum absolute atomic E-state index is 9.48. The molecule has 0 aromatic carbocycles. The zero-order valence-electron chi connectivity index (χ0n) is 10.5. The first kappa shape index (κ1) is 11.5. The van der Waals surface area contributed by atoms with Crippen LogP contribution in [-0.4, -0.2) is 23.3 Å². The number of nitrogens with zero attached hydrogens (tertiary/aromatic N) is 3. The Balaban J connectivity index is 2.27. The van der Waals surface area contributed by atoms with Gasteiger partial charge in [0, 0.05) is 19.3 Å². The van der Waals surface area contributed by atoms with Gasteiger partial charge in [-0.1, -0.05) is 18.6 Å². The van der Waals surface area contributed by atoms with Crippen molar-refractivity contribution in [2.75, 3.05) is 18.6 Å². The fraction of sp³-hybridized carbons (Fsp3) is 0.538. The van der Waals surface area contributed by atoms with Crippen LogP contribution in [0.15, 0.2) is 0 Å². The molecule has 0 atom stereocenters. The second-order valence-corrected chi connectivity index (χ2v) is 5.36. The monoisotopic (exact) mass is 260 g/mol. The lowest BCUT2D eigenvalue weighted by Gasteiger charge is -2.28. The Kier molecular flexibility index (Phi) is 2.75. The maximum atomic E-state index is 9.48. The normalized spacial score (nSPS) is 18.4. The van der Waals surface area contributed by atoms with Gasteiger partial charge in [-0.2, -0.15) is 5.26 Å². The van der Waals surface area contributed by atoms with Crippen LogP contribution in [0.4, 0.5) is 5.69 Å². The minimum absolute atomic E-state index is 0.684. The number of hydrogen-bond donors (Lipinski definition) is 1. The molecule has 2 aliphatic heterocycles. The molecule has 0 unspecified atom stereocenters. The third kappa shape index (κ3) is 1.52. The van der Waals surface area contributed by atoms with E-state index in [4.69, 9.17) is 12.2 Å². The van der Waals surface area contributed by atoms with Crippen molar-refractivity contribution in [2.45, 2.75) is 32.2 Å². The molecule has 4 nitrogen and oxygen atoms in total. The van der Waals surface area contributed by atoms with E-state index >= 15 is 0 Å². The highest BCUT2D eigenvalue weighted by Gasteiger charge is 2.30. The lowest BCUT2D eigenvalue weighted by Crippen LogP contribution is -2.41. The third-order valence-corrected chi connectivity index (χ3v) is 4.16. The number of fused-ring (bicyclic) bond motifs is 3. The molecule has 0 bridgehead atoms. The Hall–Kier alpha value is -1.54. The molecule has 0 aliphatic carbocycles. The summed E-state index contributed by atoms with van der Waals surface area (Å²) in [6, 6.07) is 2.39. The van der Waals surface area contributed by atoms with E-state index in [-0.39, 0.29) is 0 Å². The van der Waals surface area contributed by atoms with Crippen molar-refractivity contribution in [3.05, 3.63) is 17.0 Å².